The number of nitrogens with two attached hydrogens (primary N) is 1. The van der Waals surface area contributed by atoms with Gasteiger partial charge in [0.15, 0.2) is 11.5 Å². The van der Waals surface area contributed by atoms with Crippen LogP contribution in [0.1, 0.15) is 22.1 Å². The third-order valence-electron chi connectivity index (χ3n) is 3.13. The van der Waals surface area contributed by atoms with E-state index in [1.165, 1.54) is 0 Å². The summed E-state index contributed by atoms with van der Waals surface area (Å²) in [4.78, 5) is 17.7. The van der Waals surface area contributed by atoms with Gasteiger partial charge in [-0.2, -0.15) is 0 Å². The highest BCUT2D eigenvalue weighted by Gasteiger charge is 2.19. The fraction of sp³-hybridized carbons (Fsp3) is 0.364. The predicted octanol–water partition coefficient (Wildman–Crippen LogP) is -0.510. The van der Waals surface area contributed by atoms with E-state index in [0.717, 1.165) is 25.5 Å². The Morgan fingerprint density at radius 2 is 2.42 bits per heavy atom. The van der Waals surface area contributed by atoms with Crippen molar-refractivity contribution in [3.63, 3.8) is 0 Å². The van der Waals surface area contributed by atoms with Crippen molar-refractivity contribution in [1.82, 2.24) is 25.0 Å². The molecule has 1 aliphatic heterocycles. The summed E-state index contributed by atoms with van der Waals surface area (Å²) in [5, 5.41) is 3.67. The highest BCUT2D eigenvalue weighted by Crippen LogP contribution is 2.14. The van der Waals surface area contributed by atoms with Crippen molar-refractivity contribution in [2.24, 2.45) is 5.84 Å². The van der Waals surface area contributed by atoms with Crippen molar-refractivity contribution in [2.45, 2.75) is 19.6 Å². The van der Waals surface area contributed by atoms with Crippen molar-refractivity contribution >= 4 is 5.91 Å². The molecular formula is C11H14N6O2. The fourth-order valence-electron chi connectivity index (χ4n) is 2.15. The molecule has 0 aliphatic carbocycles. The van der Waals surface area contributed by atoms with Crippen LogP contribution in [0.5, 0.6) is 0 Å². The average molecular weight is 262 g/mol. The summed E-state index contributed by atoms with van der Waals surface area (Å²) < 4.78 is 7.25. The Bertz CT molecular complexity index is 590. The van der Waals surface area contributed by atoms with Crippen LogP contribution in [0.15, 0.2) is 23.0 Å². The molecule has 0 fully saturated rings. The second-order valence-electron chi connectivity index (χ2n) is 4.40. The van der Waals surface area contributed by atoms with Crippen LogP contribution in [0.3, 0.4) is 0 Å². The Morgan fingerprint density at radius 3 is 3.26 bits per heavy atom. The molecule has 0 saturated carbocycles. The van der Waals surface area contributed by atoms with Gasteiger partial charge in [-0.3, -0.25) is 15.1 Å². The molecule has 19 heavy (non-hydrogen) atoms. The lowest BCUT2D eigenvalue weighted by Crippen LogP contribution is -2.33. The van der Waals surface area contributed by atoms with Crippen LogP contribution in [-0.4, -0.2) is 32.1 Å². The second kappa shape index (κ2) is 4.82. The number of aromatic nitrogens is 3. The number of carbonyl (C=O) groups excluding carboxylic acids is 1. The van der Waals surface area contributed by atoms with Gasteiger partial charge in [-0.25, -0.2) is 10.8 Å². The number of carbonyl (C=O) groups is 1. The third-order valence-corrected chi connectivity index (χ3v) is 3.13. The lowest BCUT2D eigenvalue weighted by molar-refractivity contribution is 0.0944. The van der Waals surface area contributed by atoms with Crippen LogP contribution in [0.2, 0.25) is 0 Å². The van der Waals surface area contributed by atoms with Crippen molar-refractivity contribution in [3.05, 3.63) is 35.7 Å². The number of amides is 1. The molecule has 0 radical (unpaired) electrons. The number of nitrogens with zero attached hydrogens (tertiary/aromatic N) is 4. The smallest absolute Gasteiger partial charge is 0.287 e. The van der Waals surface area contributed by atoms with Crippen molar-refractivity contribution < 1.29 is 9.32 Å². The van der Waals surface area contributed by atoms with Gasteiger partial charge in [-0.05, 0) is 0 Å². The summed E-state index contributed by atoms with van der Waals surface area (Å²) in [6.45, 7) is 3.16. The van der Waals surface area contributed by atoms with E-state index in [9.17, 15) is 4.79 Å². The van der Waals surface area contributed by atoms with Crippen LogP contribution in [0.25, 0.3) is 0 Å². The Morgan fingerprint density at radius 1 is 1.53 bits per heavy atom. The highest BCUT2D eigenvalue weighted by molar-refractivity contribution is 5.91. The molecule has 3 heterocycles. The summed E-state index contributed by atoms with van der Waals surface area (Å²) >= 11 is 0. The zero-order valence-electron chi connectivity index (χ0n) is 10.2. The SMILES string of the molecule is NNC(=O)c1cc(CN2CCn3ccnc3C2)on1. The van der Waals surface area contributed by atoms with E-state index < -0.39 is 5.91 Å². The second-order valence-corrected chi connectivity index (χ2v) is 4.40. The Balaban J connectivity index is 1.66. The third kappa shape index (κ3) is 2.35. The number of hydrogen-bond donors (Lipinski definition) is 2. The highest BCUT2D eigenvalue weighted by atomic mass is 16.5. The van der Waals surface area contributed by atoms with Gasteiger partial charge in [-0.15, -0.1) is 0 Å². The number of fused-ring (bicyclic) bond motifs is 1. The number of hydrazine groups is 1. The first-order chi connectivity index (χ1) is 9.26. The first-order valence-corrected chi connectivity index (χ1v) is 5.95. The molecule has 1 amide bonds. The molecule has 0 bridgehead atoms. The van der Waals surface area contributed by atoms with Crippen LogP contribution in [0, 0.1) is 0 Å². The van der Waals surface area contributed by atoms with E-state index in [4.69, 9.17) is 10.4 Å². The summed E-state index contributed by atoms with van der Waals surface area (Å²) in [5.41, 5.74) is 2.21. The Kier molecular flexibility index (Phi) is 3.02. The Hall–Kier alpha value is -2.19. The first kappa shape index (κ1) is 11.9. The molecule has 3 N–H and O–H groups in total. The van der Waals surface area contributed by atoms with E-state index in [-0.39, 0.29) is 5.69 Å². The zero-order chi connectivity index (χ0) is 13.2. The van der Waals surface area contributed by atoms with Crippen LogP contribution in [-0.2, 0) is 19.6 Å². The van der Waals surface area contributed by atoms with Gasteiger partial charge in [-0.1, -0.05) is 5.16 Å². The zero-order valence-corrected chi connectivity index (χ0v) is 10.2. The van der Waals surface area contributed by atoms with Crippen LogP contribution < -0.4 is 11.3 Å². The van der Waals surface area contributed by atoms with Crippen LogP contribution >= 0.6 is 0 Å². The summed E-state index contributed by atoms with van der Waals surface area (Å²) in [6, 6.07) is 1.60. The standard InChI is InChI=1S/C11H14N6O2/c12-14-11(18)9-5-8(19-15-9)6-16-3-4-17-2-1-13-10(17)7-16/h1-2,5H,3-4,6-7,12H2,(H,14,18). The normalized spacial score (nSPS) is 15.2. The van der Waals surface area contributed by atoms with Crippen molar-refractivity contribution in [3.8, 4) is 0 Å². The van der Waals surface area contributed by atoms with E-state index in [1.807, 2.05) is 11.6 Å². The molecule has 100 valence electrons. The molecule has 1 aliphatic rings. The van der Waals surface area contributed by atoms with Crippen molar-refractivity contribution in [2.75, 3.05) is 6.54 Å². The van der Waals surface area contributed by atoms with E-state index in [0.29, 0.717) is 12.3 Å². The maximum Gasteiger partial charge on any atom is 0.287 e. The molecular weight excluding hydrogens is 248 g/mol. The minimum atomic E-state index is -0.454. The largest absolute Gasteiger partial charge is 0.359 e. The molecule has 2 aromatic heterocycles. The topological polar surface area (TPSA) is 102 Å². The minimum absolute atomic E-state index is 0.191. The lowest BCUT2D eigenvalue weighted by Gasteiger charge is -2.26. The summed E-state index contributed by atoms with van der Waals surface area (Å²) in [6.07, 6.45) is 3.78. The van der Waals surface area contributed by atoms with Gasteiger partial charge in [0.1, 0.15) is 5.82 Å². The Labute approximate surface area is 109 Å². The molecule has 2 aromatic rings. The van der Waals surface area contributed by atoms with Gasteiger partial charge in [0.05, 0.1) is 13.1 Å². The molecule has 8 heteroatoms. The molecule has 0 atom stereocenters. The van der Waals surface area contributed by atoms with Gasteiger partial charge >= 0.3 is 0 Å². The van der Waals surface area contributed by atoms with Gasteiger partial charge in [0.25, 0.3) is 5.91 Å². The predicted molar refractivity (Wildman–Crippen MR) is 64.5 cm³/mol. The van der Waals surface area contributed by atoms with Gasteiger partial charge < -0.3 is 9.09 Å². The van der Waals surface area contributed by atoms with E-state index >= 15 is 0 Å². The number of hydrogen-bond acceptors (Lipinski definition) is 6. The molecule has 0 saturated heterocycles. The summed E-state index contributed by atoms with van der Waals surface area (Å²) in [5.74, 6) is 6.25. The molecule has 0 unspecified atom stereocenters. The minimum Gasteiger partial charge on any atom is -0.359 e. The van der Waals surface area contributed by atoms with Gasteiger partial charge in [0, 0.05) is 31.5 Å². The number of nitrogen functional groups attached to an aromatic ring is 1. The number of imidazole rings is 1. The lowest BCUT2D eigenvalue weighted by atomic mass is 10.3. The maximum atomic E-state index is 11.3. The fourth-order valence-corrected chi connectivity index (χ4v) is 2.15. The van der Waals surface area contributed by atoms with E-state index in [2.05, 4.69) is 19.6 Å². The van der Waals surface area contributed by atoms with Gasteiger partial charge in [0.2, 0.25) is 0 Å². The average Bonchev–Trinajstić information content (AvgIpc) is 3.06. The molecule has 8 nitrogen and oxygen atoms in total. The molecule has 3 rings (SSSR count). The monoisotopic (exact) mass is 262 g/mol. The van der Waals surface area contributed by atoms with E-state index in [1.54, 1.807) is 12.3 Å². The van der Waals surface area contributed by atoms with Crippen LogP contribution in [0.4, 0.5) is 0 Å². The van der Waals surface area contributed by atoms with Crippen molar-refractivity contribution in [1.29, 1.82) is 0 Å². The number of nitrogens with one attached hydrogen (secondary N) is 1. The first-order valence-electron chi connectivity index (χ1n) is 5.95. The number of rotatable bonds is 3. The maximum absolute atomic E-state index is 11.3. The molecule has 0 aromatic carbocycles. The summed E-state index contributed by atoms with van der Waals surface area (Å²) in [7, 11) is 0. The molecule has 0 spiro atoms. The quantitative estimate of drug-likeness (QED) is 0.439.